The Kier molecular flexibility index (Phi) is 2.25. The molecular formula is C9H11N3OS. The maximum Gasteiger partial charge on any atom is 0.261 e. The molecule has 2 rings (SSSR count). The average Bonchev–Trinajstić information content (AvgIpc) is 2.48. The zero-order valence-electron chi connectivity index (χ0n) is 7.83. The number of hydrogen-bond acceptors (Lipinski definition) is 4. The topological polar surface area (TPSA) is 71.8 Å². The van der Waals surface area contributed by atoms with Gasteiger partial charge in [-0.25, -0.2) is 4.98 Å². The minimum Gasteiger partial charge on any atom is -0.369 e. The molecule has 5 heteroatoms. The first-order valence-electron chi connectivity index (χ1n) is 4.49. The van der Waals surface area contributed by atoms with E-state index in [0.29, 0.717) is 5.39 Å². The highest BCUT2D eigenvalue weighted by molar-refractivity contribution is 7.18. The summed E-state index contributed by atoms with van der Waals surface area (Å²) < 4.78 is 0. The van der Waals surface area contributed by atoms with Crippen LogP contribution >= 0.6 is 11.3 Å². The summed E-state index contributed by atoms with van der Waals surface area (Å²) >= 11 is 1.54. The van der Waals surface area contributed by atoms with Gasteiger partial charge >= 0.3 is 0 Å². The molecule has 0 unspecified atom stereocenters. The molecule has 0 atom stereocenters. The van der Waals surface area contributed by atoms with Crippen LogP contribution in [0.15, 0.2) is 10.9 Å². The van der Waals surface area contributed by atoms with Crippen molar-refractivity contribution >= 4 is 27.5 Å². The van der Waals surface area contributed by atoms with E-state index in [2.05, 4.69) is 16.9 Å². The molecule has 0 aliphatic heterocycles. The molecule has 2 heterocycles. The van der Waals surface area contributed by atoms with Gasteiger partial charge in [0.05, 0.1) is 5.39 Å². The van der Waals surface area contributed by atoms with E-state index >= 15 is 0 Å². The number of nitrogens with two attached hydrogens (primary N) is 1. The van der Waals surface area contributed by atoms with E-state index in [9.17, 15) is 4.79 Å². The number of nitrogen functional groups attached to an aromatic ring is 1. The molecule has 0 radical (unpaired) electrons. The second-order valence-corrected chi connectivity index (χ2v) is 4.25. The van der Waals surface area contributed by atoms with Gasteiger partial charge in [-0.2, -0.15) is 0 Å². The number of anilines is 1. The predicted octanol–water partition coefficient (Wildman–Crippen LogP) is 1.52. The molecule has 14 heavy (non-hydrogen) atoms. The van der Waals surface area contributed by atoms with Crippen molar-refractivity contribution in [3.05, 3.63) is 21.3 Å². The molecule has 4 nitrogen and oxygen atoms in total. The van der Waals surface area contributed by atoms with Crippen LogP contribution in [-0.2, 0) is 6.42 Å². The third-order valence-corrected chi connectivity index (χ3v) is 3.06. The van der Waals surface area contributed by atoms with E-state index < -0.39 is 0 Å². The first kappa shape index (κ1) is 9.21. The minimum absolute atomic E-state index is 0.147. The van der Waals surface area contributed by atoms with Crippen molar-refractivity contribution in [2.24, 2.45) is 0 Å². The smallest absolute Gasteiger partial charge is 0.261 e. The van der Waals surface area contributed by atoms with Gasteiger partial charge in [-0.15, -0.1) is 11.3 Å². The summed E-state index contributed by atoms with van der Waals surface area (Å²) in [6, 6.07) is 1.90. The van der Waals surface area contributed by atoms with Gasteiger partial charge in [0.2, 0.25) is 5.95 Å². The fourth-order valence-electron chi connectivity index (χ4n) is 1.37. The van der Waals surface area contributed by atoms with Crippen molar-refractivity contribution in [2.45, 2.75) is 19.8 Å². The quantitative estimate of drug-likeness (QED) is 0.787. The molecule has 2 aromatic rings. The zero-order valence-corrected chi connectivity index (χ0v) is 8.65. The van der Waals surface area contributed by atoms with Crippen molar-refractivity contribution < 1.29 is 0 Å². The fraction of sp³-hybridized carbons (Fsp3) is 0.333. The summed E-state index contributed by atoms with van der Waals surface area (Å²) in [6.45, 7) is 2.11. The van der Waals surface area contributed by atoms with E-state index in [1.54, 1.807) is 0 Å². The lowest BCUT2D eigenvalue weighted by Crippen LogP contribution is -2.09. The largest absolute Gasteiger partial charge is 0.369 e. The Bertz CT molecular complexity index is 514. The van der Waals surface area contributed by atoms with Gasteiger partial charge in [-0.3, -0.25) is 9.78 Å². The van der Waals surface area contributed by atoms with Gasteiger partial charge in [0.1, 0.15) is 4.83 Å². The minimum atomic E-state index is -0.147. The molecule has 0 spiro atoms. The Morgan fingerprint density at radius 1 is 1.64 bits per heavy atom. The SMILES string of the molecule is CCCc1cc2c(=O)[nH]c(N)nc2s1. The molecule has 3 N–H and O–H groups in total. The first-order chi connectivity index (χ1) is 6.70. The third kappa shape index (κ3) is 1.50. The lowest BCUT2D eigenvalue weighted by Gasteiger charge is -1.90. The molecule has 74 valence electrons. The number of aromatic amines is 1. The van der Waals surface area contributed by atoms with Crippen LogP contribution in [0.4, 0.5) is 5.95 Å². The van der Waals surface area contributed by atoms with Gasteiger partial charge in [-0.05, 0) is 12.5 Å². The summed E-state index contributed by atoms with van der Waals surface area (Å²) in [5.41, 5.74) is 5.30. The van der Waals surface area contributed by atoms with E-state index in [0.717, 1.165) is 17.7 Å². The summed E-state index contributed by atoms with van der Waals surface area (Å²) in [4.78, 5) is 19.9. The van der Waals surface area contributed by atoms with Crippen LogP contribution in [0.3, 0.4) is 0 Å². The number of fused-ring (bicyclic) bond motifs is 1. The number of aromatic nitrogens is 2. The van der Waals surface area contributed by atoms with Gasteiger partial charge in [-0.1, -0.05) is 13.3 Å². The Balaban J connectivity index is 2.65. The van der Waals surface area contributed by atoms with Gasteiger partial charge in [0.25, 0.3) is 5.56 Å². The number of aryl methyl sites for hydroxylation is 1. The van der Waals surface area contributed by atoms with Crippen LogP contribution < -0.4 is 11.3 Å². The normalized spacial score (nSPS) is 10.9. The number of hydrogen-bond donors (Lipinski definition) is 2. The molecule has 0 amide bonds. The van der Waals surface area contributed by atoms with Crippen molar-refractivity contribution in [3.63, 3.8) is 0 Å². The van der Waals surface area contributed by atoms with Gasteiger partial charge in [0, 0.05) is 4.88 Å². The van der Waals surface area contributed by atoms with Crippen molar-refractivity contribution in [3.8, 4) is 0 Å². The van der Waals surface area contributed by atoms with Gasteiger partial charge in [0.15, 0.2) is 0 Å². The maximum absolute atomic E-state index is 11.4. The molecule has 0 saturated heterocycles. The Hall–Kier alpha value is -1.36. The van der Waals surface area contributed by atoms with Crippen LogP contribution in [0.2, 0.25) is 0 Å². The summed E-state index contributed by atoms with van der Waals surface area (Å²) in [7, 11) is 0. The fourth-order valence-corrected chi connectivity index (χ4v) is 2.50. The predicted molar refractivity (Wildman–Crippen MR) is 58.6 cm³/mol. The van der Waals surface area contributed by atoms with Crippen molar-refractivity contribution in [2.75, 3.05) is 5.73 Å². The van der Waals surface area contributed by atoms with Crippen molar-refractivity contribution in [1.29, 1.82) is 0 Å². The zero-order chi connectivity index (χ0) is 10.1. The summed E-state index contributed by atoms with van der Waals surface area (Å²) in [5, 5.41) is 0.646. The van der Waals surface area contributed by atoms with E-state index in [1.807, 2.05) is 6.07 Å². The Labute approximate surface area is 84.8 Å². The lowest BCUT2D eigenvalue weighted by atomic mass is 10.2. The second-order valence-electron chi connectivity index (χ2n) is 3.13. The number of H-pyrrole nitrogens is 1. The summed E-state index contributed by atoms with van der Waals surface area (Å²) in [5.74, 6) is 0.187. The molecule has 2 aromatic heterocycles. The molecule has 0 aliphatic rings. The highest BCUT2D eigenvalue weighted by Crippen LogP contribution is 2.22. The third-order valence-electron chi connectivity index (χ3n) is 1.97. The van der Waals surface area contributed by atoms with Crippen LogP contribution in [0.1, 0.15) is 18.2 Å². The molecular weight excluding hydrogens is 198 g/mol. The lowest BCUT2D eigenvalue weighted by molar-refractivity contribution is 0.940. The molecule has 0 saturated carbocycles. The van der Waals surface area contributed by atoms with E-state index in [-0.39, 0.29) is 11.5 Å². The monoisotopic (exact) mass is 209 g/mol. The highest BCUT2D eigenvalue weighted by atomic mass is 32.1. The van der Waals surface area contributed by atoms with Crippen LogP contribution in [0, 0.1) is 0 Å². The highest BCUT2D eigenvalue weighted by Gasteiger charge is 2.06. The number of nitrogens with one attached hydrogen (secondary N) is 1. The number of nitrogens with zero attached hydrogens (tertiary/aromatic N) is 1. The van der Waals surface area contributed by atoms with Crippen molar-refractivity contribution in [1.82, 2.24) is 9.97 Å². The number of rotatable bonds is 2. The maximum atomic E-state index is 11.4. The van der Waals surface area contributed by atoms with E-state index in [1.165, 1.54) is 16.2 Å². The Morgan fingerprint density at radius 2 is 2.43 bits per heavy atom. The van der Waals surface area contributed by atoms with Crippen LogP contribution in [0.25, 0.3) is 10.2 Å². The molecule has 0 aliphatic carbocycles. The first-order valence-corrected chi connectivity index (χ1v) is 5.30. The summed E-state index contributed by atoms with van der Waals surface area (Å²) in [6.07, 6.45) is 2.06. The van der Waals surface area contributed by atoms with Crippen LogP contribution in [-0.4, -0.2) is 9.97 Å². The van der Waals surface area contributed by atoms with E-state index in [4.69, 9.17) is 5.73 Å². The molecule has 0 bridgehead atoms. The molecule has 0 fully saturated rings. The van der Waals surface area contributed by atoms with Crippen LogP contribution in [0.5, 0.6) is 0 Å². The molecule has 0 aromatic carbocycles. The number of thiophene rings is 1. The Morgan fingerprint density at radius 3 is 3.14 bits per heavy atom. The average molecular weight is 209 g/mol. The van der Waals surface area contributed by atoms with Gasteiger partial charge < -0.3 is 5.73 Å². The second kappa shape index (κ2) is 3.42. The standard InChI is InChI=1S/C9H11N3OS/c1-2-3-5-4-6-7(13)11-9(10)12-8(6)14-5/h4H,2-3H2,1H3,(H3,10,11,12,13).